The van der Waals surface area contributed by atoms with Crippen molar-refractivity contribution < 1.29 is 0 Å². The lowest BCUT2D eigenvalue weighted by atomic mass is 9.74. The van der Waals surface area contributed by atoms with E-state index in [-0.39, 0.29) is 5.84 Å². The Morgan fingerprint density at radius 3 is 2.46 bits per heavy atom. The molecule has 0 saturated heterocycles. The van der Waals surface area contributed by atoms with Gasteiger partial charge in [0.2, 0.25) is 0 Å². The maximum absolute atomic E-state index is 9.89. The summed E-state index contributed by atoms with van der Waals surface area (Å²) in [4.78, 5) is 4.57. The molecule has 3 aromatic rings. The van der Waals surface area contributed by atoms with Crippen molar-refractivity contribution in [3.63, 3.8) is 0 Å². The molecular weight excluding hydrogens is 369 g/mol. The monoisotopic (exact) mass is 379 g/mol. The second-order valence-corrected chi connectivity index (χ2v) is 6.93. The quantitative estimate of drug-likeness (QED) is 0.663. The lowest BCUT2D eigenvalue weighted by Crippen LogP contribution is -2.37. The second-order valence-electron chi connectivity index (χ2n) is 6.08. The average Bonchev–Trinajstić information content (AvgIpc) is 3.01. The molecule has 26 heavy (non-hydrogen) atoms. The highest BCUT2D eigenvalue weighted by Gasteiger charge is 2.44. The van der Waals surface area contributed by atoms with Gasteiger partial charge in [-0.1, -0.05) is 41.4 Å². The Morgan fingerprint density at radius 2 is 1.77 bits per heavy atom. The maximum Gasteiger partial charge on any atom is 0.133 e. The van der Waals surface area contributed by atoms with Crippen LogP contribution in [-0.4, -0.2) is 15.4 Å². The summed E-state index contributed by atoms with van der Waals surface area (Å²) in [5, 5.41) is 29.1. The first kappa shape index (κ1) is 16.6. The fraction of sp³-hybridized carbons (Fsp3) is 0.158. The number of nitrogens with zero attached hydrogens (tertiary/aromatic N) is 4. The molecule has 4 rings (SSSR count). The Hall–Kier alpha value is -2.86. The summed E-state index contributed by atoms with van der Waals surface area (Å²) in [6.45, 7) is 0. The summed E-state index contributed by atoms with van der Waals surface area (Å²) in [5.74, 6) is -1.57. The standard InChI is InChI=1S/C19H11Cl2N5/c20-10-5-6-11(14(21)7-10)17-12(8-22)18(24)26-16-4-2-1-3-15(16)25-19(26)13(17)9-23/h1-7,12-13,17,24H. The van der Waals surface area contributed by atoms with Gasteiger partial charge in [-0.3, -0.25) is 9.98 Å². The normalized spacial score (nSPS) is 21.8. The first-order valence-corrected chi connectivity index (χ1v) is 8.62. The molecule has 5 nitrogen and oxygen atoms in total. The molecule has 2 aromatic carbocycles. The molecule has 0 fully saturated rings. The largest absolute Gasteiger partial charge is 0.287 e. The van der Waals surface area contributed by atoms with Gasteiger partial charge in [-0.25, -0.2) is 4.98 Å². The summed E-state index contributed by atoms with van der Waals surface area (Å²) in [6.07, 6.45) is 0. The van der Waals surface area contributed by atoms with E-state index in [4.69, 9.17) is 28.6 Å². The van der Waals surface area contributed by atoms with Gasteiger partial charge < -0.3 is 0 Å². The van der Waals surface area contributed by atoms with E-state index in [1.54, 1.807) is 22.8 Å². The Bertz CT molecular complexity index is 1140. The van der Waals surface area contributed by atoms with Gasteiger partial charge in [-0.2, -0.15) is 10.5 Å². The van der Waals surface area contributed by atoms with Crippen LogP contribution in [0.4, 0.5) is 0 Å². The van der Waals surface area contributed by atoms with Crippen molar-refractivity contribution in [1.29, 1.82) is 15.9 Å². The van der Waals surface area contributed by atoms with Gasteiger partial charge in [-0.15, -0.1) is 0 Å². The fourth-order valence-corrected chi connectivity index (χ4v) is 4.11. The molecule has 1 aliphatic heterocycles. The minimum absolute atomic E-state index is 0.0960. The number of imidazole rings is 1. The van der Waals surface area contributed by atoms with Gasteiger partial charge in [0.05, 0.1) is 23.2 Å². The smallest absolute Gasteiger partial charge is 0.133 e. The number of halogens is 2. The molecule has 1 aromatic heterocycles. The van der Waals surface area contributed by atoms with Crippen molar-refractivity contribution >= 4 is 40.1 Å². The highest BCUT2D eigenvalue weighted by Crippen LogP contribution is 2.46. The molecule has 2 heterocycles. The van der Waals surface area contributed by atoms with Crippen LogP contribution in [0, 0.1) is 34.0 Å². The summed E-state index contributed by atoms with van der Waals surface area (Å²) in [7, 11) is 0. The van der Waals surface area contributed by atoms with Crippen LogP contribution in [0.5, 0.6) is 0 Å². The number of hydrogen-bond acceptors (Lipinski definition) is 4. The lowest BCUT2D eigenvalue weighted by molar-refractivity contribution is 0.514. The van der Waals surface area contributed by atoms with E-state index in [0.29, 0.717) is 32.5 Å². The topological polar surface area (TPSA) is 89.2 Å². The molecule has 126 valence electrons. The number of aromatic nitrogens is 2. The lowest BCUT2D eigenvalue weighted by Gasteiger charge is -2.33. The van der Waals surface area contributed by atoms with Crippen LogP contribution in [0.3, 0.4) is 0 Å². The third-order valence-corrected chi connectivity index (χ3v) is 5.28. The van der Waals surface area contributed by atoms with Crippen molar-refractivity contribution in [1.82, 2.24) is 9.55 Å². The van der Waals surface area contributed by atoms with E-state index in [1.165, 1.54) is 0 Å². The number of benzene rings is 2. The van der Waals surface area contributed by atoms with E-state index in [1.807, 2.05) is 24.3 Å². The molecule has 1 aliphatic rings. The van der Waals surface area contributed by atoms with Crippen LogP contribution in [0.2, 0.25) is 10.0 Å². The van der Waals surface area contributed by atoms with Crippen LogP contribution < -0.4 is 0 Å². The molecule has 0 bridgehead atoms. The van der Waals surface area contributed by atoms with Crippen LogP contribution in [-0.2, 0) is 0 Å². The average molecular weight is 380 g/mol. The highest BCUT2D eigenvalue weighted by atomic mass is 35.5. The Morgan fingerprint density at radius 1 is 1.04 bits per heavy atom. The van der Waals surface area contributed by atoms with E-state index < -0.39 is 17.8 Å². The summed E-state index contributed by atoms with van der Waals surface area (Å²) in [5.41, 5.74) is 2.03. The van der Waals surface area contributed by atoms with Gasteiger partial charge in [-0.05, 0) is 29.8 Å². The van der Waals surface area contributed by atoms with Crippen molar-refractivity contribution in [3.8, 4) is 12.1 Å². The zero-order valence-corrected chi connectivity index (χ0v) is 14.8. The molecule has 0 aliphatic carbocycles. The first-order chi connectivity index (χ1) is 12.6. The van der Waals surface area contributed by atoms with Crippen LogP contribution in [0.1, 0.15) is 23.2 Å². The van der Waals surface area contributed by atoms with Crippen molar-refractivity contribution in [3.05, 3.63) is 63.9 Å². The molecule has 1 N–H and O–H groups in total. The third kappa shape index (κ3) is 2.29. The number of para-hydroxylation sites is 2. The maximum atomic E-state index is 9.89. The van der Waals surface area contributed by atoms with Crippen LogP contribution >= 0.6 is 23.2 Å². The van der Waals surface area contributed by atoms with E-state index in [9.17, 15) is 10.5 Å². The SMILES string of the molecule is N#CC1C(=N)n2c(nc3ccccc32)C(C#N)C1c1ccc(Cl)cc1Cl. The Balaban J connectivity index is 2.00. The zero-order valence-electron chi connectivity index (χ0n) is 13.3. The van der Waals surface area contributed by atoms with E-state index >= 15 is 0 Å². The molecule has 0 spiro atoms. The van der Waals surface area contributed by atoms with Crippen molar-refractivity contribution in [2.75, 3.05) is 0 Å². The molecule has 3 atom stereocenters. The van der Waals surface area contributed by atoms with Crippen molar-refractivity contribution in [2.45, 2.75) is 11.8 Å². The van der Waals surface area contributed by atoms with E-state index in [0.717, 1.165) is 0 Å². The predicted octanol–water partition coefficient (Wildman–Crippen LogP) is 4.71. The van der Waals surface area contributed by atoms with Gasteiger partial charge >= 0.3 is 0 Å². The number of fused-ring (bicyclic) bond motifs is 3. The highest BCUT2D eigenvalue weighted by molar-refractivity contribution is 6.35. The van der Waals surface area contributed by atoms with Gasteiger partial charge in [0.15, 0.2) is 0 Å². The Labute approximate surface area is 159 Å². The fourth-order valence-electron chi connectivity index (χ4n) is 3.58. The van der Waals surface area contributed by atoms with Crippen LogP contribution in [0.15, 0.2) is 42.5 Å². The summed E-state index contributed by atoms with van der Waals surface area (Å²) in [6, 6.07) is 16.8. The summed E-state index contributed by atoms with van der Waals surface area (Å²) >= 11 is 12.3. The predicted molar refractivity (Wildman–Crippen MR) is 99.5 cm³/mol. The van der Waals surface area contributed by atoms with Gasteiger partial charge in [0, 0.05) is 16.0 Å². The van der Waals surface area contributed by atoms with Gasteiger partial charge in [0.1, 0.15) is 23.5 Å². The molecule has 7 heteroatoms. The molecule has 0 amide bonds. The number of nitriles is 2. The minimum atomic E-state index is -0.830. The number of rotatable bonds is 1. The van der Waals surface area contributed by atoms with Gasteiger partial charge in [0.25, 0.3) is 0 Å². The first-order valence-electron chi connectivity index (χ1n) is 7.87. The molecule has 0 radical (unpaired) electrons. The van der Waals surface area contributed by atoms with Crippen LogP contribution in [0.25, 0.3) is 11.0 Å². The second kappa shape index (κ2) is 6.14. The molecule has 3 unspecified atom stereocenters. The third-order valence-electron chi connectivity index (χ3n) is 4.72. The van der Waals surface area contributed by atoms with Crippen molar-refractivity contribution in [2.24, 2.45) is 5.92 Å². The number of hydrogen-bond donors (Lipinski definition) is 1. The Kier molecular flexibility index (Phi) is 3.92. The number of nitrogens with one attached hydrogen (secondary N) is 1. The molecular formula is C19H11Cl2N5. The van der Waals surface area contributed by atoms with E-state index in [2.05, 4.69) is 17.1 Å². The minimum Gasteiger partial charge on any atom is -0.287 e. The molecule has 0 saturated carbocycles. The summed E-state index contributed by atoms with van der Waals surface area (Å²) < 4.78 is 1.61. The zero-order chi connectivity index (χ0) is 18.4.